The van der Waals surface area contributed by atoms with Crippen LogP contribution in [0.2, 0.25) is 0 Å². The van der Waals surface area contributed by atoms with E-state index in [0.29, 0.717) is 64.5 Å². The lowest BCUT2D eigenvalue weighted by Gasteiger charge is -2.32. The van der Waals surface area contributed by atoms with Crippen LogP contribution in [0.3, 0.4) is 0 Å². The zero-order chi connectivity index (χ0) is 49.0. The molecule has 70 heavy (non-hydrogen) atoms. The fraction of sp³-hybridized carbons (Fsp3) is 0.260. The van der Waals surface area contributed by atoms with E-state index < -0.39 is 21.7 Å². The molecule has 1 saturated heterocycles. The number of carbonyl (C=O) groups excluding carboxylic acids is 2. The third-order valence-electron chi connectivity index (χ3n) is 11.7. The summed E-state index contributed by atoms with van der Waals surface area (Å²) in [6, 6.07) is 27.4. The van der Waals surface area contributed by atoms with Crippen molar-refractivity contribution in [2.45, 2.75) is 68.7 Å². The highest BCUT2D eigenvalue weighted by molar-refractivity contribution is 9.10. The number of ether oxygens (including phenoxy) is 1. The number of para-hydroxylation sites is 1. The van der Waals surface area contributed by atoms with Crippen molar-refractivity contribution < 1.29 is 27.1 Å². The Labute approximate surface area is 413 Å². The van der Waals surface area contributed by atoms with Crippen molar-refractivity contribution in [2.24, 2.45) is 5.73 Å². The molecule has 1 aliphatic rings. The van der Waals surface area contributed by atoms with Crippen molar-refractivity contribution in [3.63, 3.8) is 0 Å². The highest BCUT2D eigenvalue weighted by atomic mass is 79.9. The molecule has 7 aromatic rings. The molecule has 0 aliphatic carbocycles. The number of halogens is 2. The topological polar surface area (TPSA) is 238 Å². The lowest BCUT2D eigenvalue weighted by Crippen LogP contribution is -2.40. The largest absolute Gasteiger partial charge is 0.457 e. The first kappa shape index (κ1) is 49.1. The molecule has 0 radical (unpaired) electrons. The molecule has 20 heteroatoms. The second-order valence-corrected chi connectivity index (χ2v) is 19.3. The fourth-order valence-corrected chi connectivity index (χ4v) is 9.52. The second kappa shape index (κ2) is 22.9. The molecule has 7 N–H and O–H groups in total. The number of nitrogens with two attached hydrogens (primary N) is 2. The van der Waals surface area contributed by atoms with Crippen LogP contribution in [-0.2, 0) is 14.8 Å². The molecule has 8 rings (SSSR count). The quantitative estimate of drug-likeness (QED) is 0.0333. The first-order valence-corrected chi connectivity index (χ1v) is 25.2. The minimum Gasteiger partial charge on any atom is -0.457 e. The average molecular weight is 1030 g/mol. The maximum atomic E-state index is 14.3. The Morgan fingerprint density at radius 2 is 1.61 bits per heavy atom. The van der Waals surface area contributed by atoms with Crippen LogP contribution >= 0.6 is 15.9 Å². The number of fused-ring (bicyclic) bond motifs is 1. The number of anilines is 5. The van der Waals surface area contributed by atoms with Gasteiger partial charge in [0, 0.05) is 37.1 Å². The summed E-state index contributed by atoms with van der Waals surface area (Å²) in [5.41, 5.74) is 14.3. The Morgan fingerprint density at radius 3 is 2.39 bits per heavy atom. The highest BCUT2D eigenvalue weighted by Crippen LogP contribution is 2.35. The Balaban J connectivity index is 0.734. The maximum Gasteiger partial charge on any atom is 0.253 e. The van der Waals surface area contributed by atoms with Gasteiger partial charge in [0.1, 0.15) is 41.0 Å². The number of likely N-dealkylation sites (tertiary alicyclic amines) is 1. The molecule has 4 aromatic carbocycles. The second-order valence-electron chi connectivity index (χ2n) is 16.7. The number of primary amides is 1. The number of amides is 2. The number of sulfonamides is 1. The number of nitrogen functional groups attached to an aromatic ring is 1. The van der Waals surface area contributed by atoms with Gasteiger partial charge in [-0.2, -0.15) is 10.1 Å². The zero-order valence-corrected chi connectivity index (χ0v) is 40.5. The first-order valence-electron chi connectivity index (χ1n) is 23.0. The van der Waals surface area contributed by atoms with Crippen molar-refractivity contribution in [3.8, 4) is 22.8 Å². The van der Waals surface area contributed by atoms with E-state index in [1.54, 1.807) is 18.2 Å². The summed E-state index contributed by atoms with van der Waals surface area (Å²) in [4.78, 5) is 44.6. The van der Waals surface area contributed by atoms with Gasteiger partial charge >= 0.3 is 0 Å². The Hall–Kier alpha value is -7.29. The number of allylic oxidation sites excluding steroid dienone is 1. The number of aromatic nitrogens is 6. The van der Waals surface area contributed by atoms with Gasteiger partial charge in [-0.3, -0.25) is 9.59 Å². The van der Waals surface area contributed by atoms with E-state index in [2.05, 4.69) is 51.2 Å². The number of nitrogens with zero attached hydrogens (tertiary/aromatic N) is 7. The number of unbranched alkanes of at least 4 members (excludes halogenated alkanes) is 6. The van der Waals surface area contributed by atoms with Crippen molar-refractivity contribution in [2.75, 3.05) is 36.0 Å². The molecule has 1 aliphatic heterocycles. The van der Waals surface area contributed by atoms with Crippen molar-refractivity contribution in [3.05, 3.63) is 138 Å². The van der Waals surface area contributed by atoms with E-state index in [9.17, 15) is 22.4 Å². The lowest BCUT2D eigenvalue weighted by atomic mass is 10.1. The highest BCUT2D eigenvalue weighted by Gasteiger charge is 2.28. The van der Waals surface area contributed by atoms with Gasteiger partial charge < -0.3 is 31.7 Å². The van der Waals surface area contributed by atoms with Gasteiger partial charge in [-0.1, -0.05) is 56.0 Å². The van der Waals surface area contributed by atoms with Gasteiger partial charge in [0.2, 0.25) is 21.9 Å². The molecule has 4 heterocycles. The molecule has 1 atom stereocenters. The van der Waals surface area contributed by atoms with Gasteiger partial charge in [-0.05, 0) is 127 Å². The number of hydrogen-bond donors (Lipinski definition) is 5. The molecular weight excluding hydrogens is 980 g/mol. The molecule has 17 nitrogen and oxygen atoms in total. The summed E-state index contributed by atoms with van der Waals surface area (Å²) in [5.74, 6) is 0.469. The van der Waals surface area contributed by atoms with Crippen LogP contribution in [0, 0.1) is 5.82 Å². The molecule has 3 aromatic heterocycles. The molecule has 362 valence electrons. The first-order chi connectivity index (χ1) is 33.9. The Kier molecular flexibility index (Phi) is 16.1. The third-order valence-corrected chi connectivity index (χ3v) is 13.8. The minimum atomic E-state index is -3.73. The number of benzene rings is 4. The number of nitrogens with one attached hydrogen (secondary N) is 3. The summed E-state index contributed by atoms with van der Waals surface area (Å²) in [5, 5.41) is 11.6. The van der Waals surface area contributed by atoms with E-state index in [4.69, 9.17) is 21.3 Å². The summed E-state index contributed by atoms with van der Waals surface area (Å²) < 4.78 is 51.3. The molecular formula is C50H52BrFN12O5S. The molecule has 0 saturated carbocycles. The van der Waals surface area contributed by atoms with Crippen LogP contribution in [0.1, 0.15) is 74.2 Å². The molecule has 2 amide bonds. The number of hydrogen-bond acceptors (Lipinski definition) is 13. The van der Waals surface area contributed by atoms with Crippen molar-refractivity contribution in [1.29, 1.82) is 0 Å². The monoisotopic (exact) mass is 1030 g/mol. The van der Waals surface area contributed by atoms with Crippen LogP contribution < -0.4 is 31.6 Å². The van der Waals surface area contributed by atoms with Crippen LogP contribution in [0.25, 0.3) is 22.3 Å². The minimum absolute atomic E-state index is 0.0234. The third kappa shape index (κ3) is 12.3. The molecule has 0 spiro atoms. The summed E-state index contributed by atoms with van der Waals surface area (Å²) in [6.07, 6.45) is 14.5. The van der Waals surface area contributed by atoms with Crippen LogP contribution in [0.15, 0.2) is 131 Å². The van der Waals surface area contributed by atoms with Crippen LogP contribution in [0.5, 0.6) is 11.5 Å². The van der Waals surface area contributed by atoms with Gasteiger partial charge in [0.25, 0.3) is 5.91 Å². The SMILES string of the molecule is NC(=O)c1c(F)cccc1Nc1nc(Nc2ccc(S(=O)(=O)NCCCCCCCC/C=C/C(=O)N3CCC[C@@H](n4nc(-c5ccc(Oc6ccccc6)cc5)c5c(N)ncnc54)C3)cc2)ncc1Br. The van der Waals surface area contributed by atoms with Gasteiger partial charge in [-0.15, -0.1) is 0 Å². The maximum absolute atomic E-state index is 14.3. The predicted octanol–water partition coefficient (Wildman–Crippen LogP) is 9.57. The Morgan fingerprint density at radius 1 is 0.871 bits per heavy atom. The van der Waals surface area contributed by atoms with Crippen molar-refractivity contribution >= 4 is 77.8 Å². The Bertz CT molecular complexity index is 3090. The molecule has 1 fully saturated rings. The normalized spacial score (nSPS) is 14.0. The molecule has 0 bridgehead atoms. The van der Waals surface area contributed by atoms with E-state index >= 15 is 0 Å². The van der Waals surface area contributed by atoms with E-state index in [0.717, 1.165) is 68.7 Å². The smallest absolute Gasteiger partial charge is 0.253 e. The number of carbonyl (C=O) groups is 2. The summed E-state index contributed by atoms with van der Waals surface area (Å²) in [7, 11) is -3.73. The summed E-state index contributed by atoms with van der Waals surface area (Å²) in [6.45, 7) is 1.48. The standard InChI is InChI=1S/C50H52BrFN12O5S/c51-39-30-55-50(61-48(39)60-41-18-12-17-40(52)43(41)47(54)66)59-34-22-26-38(27-23-34)70(67,68)58-28-11-6-4-2-1-3-5-10-19-42(65)63-29-13-14-35(31-63)64-49-44(46(53)56-32-57-49)45(62-64)33-20-24-37(25-21-33)69-36-15-8-7-9-16-36/h7-10,12,15-27,30,32,35,58H,1-6,11,13-14,28-29,31H2,(H2,54,66)(H2,53,56,57)(H2,55,59,60,61)/b19-10+/t35-/m1/s1. The number of piperidine rings is 1. The van der Waals surface area contributed by atoms with Crippen molar-refractivity contribution in [1.82, 2.24) is 39.3 Å². The van der Waals surface area contributed by atoms with Crippen LogP contribution in [0.4, 0.5) is 33.3 Å². The van der Waals surface area contributed by atoms with Gasteiger partial charge in [0.05, 0.1) is 32.0 Å². The number of rotatable bonds is 21. The fourth-order valence-electron chi connectivity index (χ4n) is 8.15. The average Bonchev–Trinajstić information content (AvgIpc) is 3.76. The zero-order valence-electron chi connectivity index (χ0n) is 38.1. The van der Waals surface area contributed by atoms with Gasteiger partial charge in [-0.25, -0.2) is 37.2 Å². The van der Waals surface area contributed by atoms with E-state index in [1.807, 2.05) is 70.3 Å². The van der Waals surface area contributed by atoms with E-state index in [-0.39, 0.29) is 39.9 Å². The predicted molar refractivity (Wildman–Crippen MR) is 271 cm³/mol. The molecule has 0 unspecified atom stereocenters. The lowest BCUT2D eigenvalue weighted by molar-refractivity contribution is -0.127. The summed E-state index contributed by atoms with van der Waals surface area (Å²) >= 11 is 3.35. The van der Waals surface area contributed by atoms with Crippen LogP contribution in [-0.4, -0.2) is 74.5 Å². The van der Waals surface area contributed by atoms with Gasteiger partial charge in [0.15, 0.2) is 5.65 Å². The van der Waals surface area contributed by atoms with E-state index in [1.165, 1.54) is 36.8 Å².